The summed E-state index contributed by atoms with van der Waals surface area (Å²) in [6.45, 7) is 8.74. The maximum absolute atomic E-state index is 5.66. The average molecular weight is 193 g/mol. The average Bonchev–Trinajstić information content (AvgIpc) is 2.01. The highest BCUT2D eigenvalue weighted by molar-refractivity contribution is 5.42. The minimum Gasteiger partial charge on any atom is -0.491 e. The minimum absolute atomic E-state index is 0.0788. The van der Waals surface area contributed by atoms with Gasteiger partial charge < -0.3 is 10.5 Å². The van der Waals surface area contributed by atoms with Crippen LogP contribution in [0.25, 0.3) is 0 Å². The van der Waals surface area contributed by atoms with Crippen LogP contribution in [0.4, 0.5) is 0 Å². The van der Waals surface area contributed by atoms with Crippen LogP contribution in [0, 0.1) is 20.8 Å². The molecule has 0 aromatic heterocycles. The lowest BCUT2D eigenvalue weighted by molar-refractivity contribution is 0.292. The molecule has 0 saturated heterocycles. The van der Waals surface area contributed by atoms with Crippen LogP contribution in [0.5, 0.6) is 5.75 Å². The Balaban J connectivity index is 2.86. The van der Waals surface area contributed by atoms with Gasteiger partial charge in [-0.3, -0.25) is 0 Å². The molecule has 2 heteroatoms. The van der Waals surface area contributed by atoms with E-state index >= 15 is 0 Å². The Morgan fingerprint density at radius 2 is 1.71 bits per heavy atom. The van der Waals surface area contributed by atoms with E-state index in [1.54, 1.807) is 0 Å². The van der Waals surface area contributed by atoms with Gasteiger partial charge in [-0.05, 0) is 38.8 Å². The largest absolute Gasteiger partial charge is 0.491 e. The first-order chi connectivity index (χ1) is 6.50. The van der Waals surface area contributed by atoms with E-state index in [0.29, 0.717) is 6.61 Å². The van der Waals surface area contributed by atoms with Gasteiger partial charge in [-0.25, -0.2) is 0 Å². The maximum Gasteiger partial charge on any atom is 0.125 e. The molecule has 0 fully saturated rings. The summed E-state index contributed by atoms with van der Waals surface area (Å²) in [4.78, 5) is 0. The van der Waals surface area contributed by atoms with Crippen LogP contribution >= 0.6 is 0 Å². The zero-order valence-electron chi connectivity index (χ0n) is 9.42. The summed E-state index contributed by atoms with van der Waals surface area (Å²) in [6.07, 6.45) is 0. The molecule has 0 bridgehead atoms. The van der Waals surface area contributed by atoms with Crippen molar-refractivity contribution in [2.24, 2.45) is 5.73 Å². The number of aryl methyl sites for hydroxylation is 3. The molecule has 0 aliphatic heterocycles. The first kappa shape index (κ1) is 11.1. The molecular formula is C12H19NO. The monoisotopic (exact) mass is 193 g/mol. The molecular weight excluding hydrogens is 174 g/mol. The number of nitrogens with two attached hydrogens (primary N) is 1. The van der Waals surface area contributed by atoms with Crippen molar-refractivity contribution in [3.63, 3.8) is 0 Å². The van der Waals surface area contributed by atoms with E-state index in [2.05, 4.69) is 32.9 Å². The third kappa shape index (κ3) is 2.74. The van der Waals surface area contributed by atoms with E-state index in [0.717, 1.165) is 5.75 Å². The lowest BCUT2D eigenvalue weighted by Crippen LogP contribution is -2.24. The Hall–Kier alpha value is -1.02. The molecule has 0 aliphatic rings. The minimum atomic E-state index is 0.0788. The highest BCUT2D eigenvalue weighted by atomic mass is 16.5. The summed E-state index contributed by atoms with van der Waals surface area (Å²) in [6, 6.07) is 4.34. The normalized spacial score (nSPS) is 12.6. The molecule has 0 unspecified atom stereocenters. The van der Waals surface area contributed by atoms with Crippen molar-refractivity contribution >= 4 is 0 Å². The van der Waals surface area contributed by atoms with E-state index < -0.39 is 0 Å². The molecule has 0 amide bonds. The fourth-order valence-electron chi connectivity index (χ4n) is 1.61. The number of hydrogen-bond acceptors (Lipinski definition) is 2. The molecule has 2 N–H and O–H groups in total. The van der Waals surface area contributed by atoms with Gasteiger partial charge in [0, 0.05) is 6.04 Å². The molecule has 78 valence electrons. The van der Waals surface area contributed by atoms with Gasteiger partial charge in [0.1, 0.15) is 12.4 Å². The molecule has 0 spiro atoms. The van der Waals surface area contributed by atoms with Crippen LogP contribution in [0.15, 0.2) is 12.1 Å². The van der Waals surface area contributed by atoms with Crippen LogP contribution < -0.4 is 10.5 Å². The zero-order chi connectivity index (χ0) is 10.7. The third-order valence-electron chi connectivity index (χ3n) is 2.10. The summed E-state index contributed by atoms with van der Waals surface area (Å²) in [5.41, 5.74) is 9.28. The van der Waals surface area contributed by atoms with Crippen molar-refractivity contribution in [3.05, 3.63) is 28.8 Å². The summed E-state index contributed by atoms with van der Waals surface area (Å²) in [5.74, 6) is 0.980. The molecule has 0 radical (unpaired) electrons. The Labute approximate surface area is 86.1 Å². The summed E-state index contributed by atoms with van der Waals surface area (Å²) in [7, 11) is 0. The Kier molecular flexibility index (Phi) is 3.53. The van der Waals surface area contributed by atoms with Gasteiger partial charge in [0.05, 0.1) is 0 Å². The summed E-state index contributed by atoms with van der Waals surface area (Å²) >= 11 is 0. The molecule has 1 rings (SSSR count). The first-order valence-corrected chi connectivity index (χ1v) is 4.97. The number of ether oxygens (including phenoxy) is 1. The highest BCUT2D eigenvalue weighted by Gasteiger charge is 2.05. The van der Waals surface area contributed by atoms with Crippen molar-refractivity contribution in [1.82, 2.24) is 0 Å². The molecule has 2 nitrogen and oxygen atoms in total. The second-order valence-corrected chi connectivity index (χ2v) is 4.02. The van der Waals surface area contributed by atoms with Crippen molar-refractivity contribution in [2.45, 2.75) is 33.7 Å². The highest BCUT2D eigenvalue weighted by Crippen LogP contribution is 2.24. The molecule has 14 heavy (non-hydrogen) atoms. The number of rotatable bonds is 3. The van der Waals surface area contributed by atoms with Gasteiger partial charge >= 0.3 is 0 Å². The Bertz CT molecular complexity index is 295. The van der Waals surface area contributed by atoms with E-state index in [9.17, 15) is 0 Å². The van der Waals surface area contributed by atoms with Crippen LogP contribution in [0.3, 0.4) is 0 Å². The number of benzene rings is 1. The second kappa shape index (κ2) is 4.47. The molecule has 1 aromatic rings. The SMILES string of the molecule is Cc1cc(C)c(OC[C@@H](C)N)c(C)c1. The van der Waals surface area contributed by atoms with E-state index in [1.165, 1.54) is 16.7 Å². The van der Waals surface area contributed by atoms with Crippen molar-refractivity contribution < 1.29 is 4.74 Å². The predicted octanol–water partition coefficient (Wildman–Crippen LogP) is 2.34. The van der Waals surface area contributed by atoms with E-state index in [-0.39, 0.29) is 6.04 Å². The molecule has 0 saturated carbocycles. The molecule has 0 aliphatic carbocycles. The lowest BCUT2D eigenvalue weighted by Gasteiger charge is -2.14. The van der Waals surface area contributed by atoms with Gasteiger partial charge in [0.2, 0.25) is 0 Å². The summed E-state index contributed by atoms with van der Waals surface area (Å²) < 4.78 is 5.66. The van der Waals surface area contributed by atoms with Crippen LogP contribution in [-0.4, -0.2) is 12.6 Å². The van der Waals surface area contributed by atoms with Crippen molar-refractivity contribution in [1.29, 1.82) is 0 Å². The van der Waals surface area contributed by atoms with Gasteiger partial charge in [-0.1, -0.05) is 17.7 Å². The Morgan fingerprint density at radius 3 is 2.14 bits per heavy atom. The van der Waals surface area contributed by atoms with Crippen LogP contribution in [0.1, 0.15) is 23.6 Å². The second-order valence-electron chi connectivity index (χ2n) is 4.02. The maximum atomic E-state index is 5.66. The van der Waals surface area contributed by atoms with Crippen LogP contribution in [-0.2, 0) is 0 Å². The first-order valence-electron chi connectivity index (χ1n) is 4.97. The van der Waals surface area contributed by atoms with Gasteiger partial charge in [0.15, 0.2) is 0 Å². The van der Waals surface area contributed by atoms with Gasteiger partial charge in [0.25, 0.3) is 0 Å². The predicted molar refractivity (Wildman–Crippen MR) is 59.8 cm³/mol. The van der Waals surface area contributed by atoms with Gasteiger partial charge in [-0.2, -0.15) is 0 Å². The third-order valence-corrected chi connectivity index (χ3v) is 2.10. The number of hydrogen-bond donors (Lipinski definition) is 1. The smallest absolute Gasteiger partial charge is 0.125 e. The van der Waals surface area contributed by atoms with E-state index in [4.69, 9.17) is 10.5 Å². The molecule has 1 aromatic carbocycles. The quantitative estimate of drug-likeness (QED) is 0.799. The fourth-order valence-corrected chi connectivity index (χ4v) is 1.61. The lowest BCUT2D eigenvalue weighted by atomic mass is 10.1. The Morgan fingerprint density at radius 1 is 1.21 bits per heavy atom. The van der Waals surface area contributed by atoms with Crippen molar-refractivity contribution in [2.75, 3.05) is 6.61 Å². The molecule has 0 heterocycles. The summed E-state index contributed by atoms with van der Waals surface area (Å²) in [5, 5.41) is 0. The van der Waals surface area contributed by atoms with Crippen molar-refractivity contribution in [3.8, 4) is 5.75 Å². The van der Waals surface area contributed by atoms with Crippen LogP contribution in [0.2, 0.25) is 0 Å². The molecule has 1 atom stereocenters. The standard InChI is InChI=1S/C12H19NO/c1-8-5-9(2)12(10(3)6-8)14-7-11(4)13/h5-6,11H,7,13H2,1-4H3/t11-/m1/s1. The van der Waals surface area contributed by atoms with E-state index in [1.807, 2.05) is 6.92 Å². The van der Waals surface area contributed by atoms with Gasteiger partial charge in [-0.15, -0.1) is 0 Å². The topological polar surface area (TPSA) is 35.2 Å². The fraction of sp³-hybridized carbons (Fsp3) is 0.500. The zero-order valence-corrected chi connectivity index (χ0v) is 9.42.